The number of rotatable bonds is 2. The average molecular weight is 232 g/mol. The van der Waals surface area contributed by atoms with Crippen LogP contribution in [0, 0.1) is 6.92 Å². The zero-order valence-corrected chi connectivity index (χ0v) is 9.36. The van der Waals surface area contributed by atoms with Gasteiger partial charge in [0, 0.05) is 18.5 Å². The monoisotopic (exact) mass is 232 g/mol. The molecular formula is C11H12N4O2. The molecule has 6 heteroatoms. The summed E-state index contributed by atoms with van der Waals surface area (Å²) in [6.45, 7) is 1.84. The van der Waals surface area contributed by atoms with Gasteiger partial charge in [0.2, 0.25) is 5.91 Å². The first-order valence-corrected chi connectivity index (χ1v) is 5.25. The van der Waals surface area contributed by atoms with Crippen molar-refractivity contribution in [2.45, 2.75) is 19.8 Å². The van der Waals surface area contributed by atoms with Gasteiger partial charge in [0.15, 0.2) is 0 Å². The van der Waals surface area contributed by atoms with Crippen molar-refractivity contribution in [3.63, 3.8) is 0 Å². The van der Waals surface area contributed by atoms with E-state index in [0.29, 0.717) is 18.0 Å². The molecule has 2 amide bonds. The van der Waals surface area contributed by atoms with E-state index in [1.165, 1.54) is 0 Å². The number of carbonyl (C=O) groups excluding carboxylic acids is 2. The van der Waals surface area contributed by atoms with Crippen LogP contribution in [0.3, 0.4) is 0 Å². The molecule has 0 aromatic carbocycles. The summed E-state index contributed by atoms with van der Waals surface area (Å²) in [5, 5.41) is 6.34. The summed E-state index contributed by atoms with van der Waals surface area (Å²) >= 11 is 0. The summed E-state index contributed by atoms with van der Waals surface area (Å²) in [4.78, 5) is 26.8. The van der Waals surface area contributed by atoms with Crippen LogP contribution in [0.4, 0.5) is 5.82 Å². The quantitative estimate of drug-likeness (QED) is 0.783. The highest BCUT2D eigenvalue weighted by atomic mass is 16.2. The lowest BCUT2D eigenvalue weighted by molar-refractivity contribution is -0.121. The fraction of sp³-hybridized carbons (Fsp3) is 0.273. The molecule has 0 fully saturated rings. The molecule has 2 N–H and O–H groups in total. The number of hydrogen-bond acceptors (Lipinski definition) is 4. The number of amides is 2. The number of hydrazone groups is 1. The summed E-state index contributed by atoms with van der Waals surface area (Å²) in [7, 11) is 0. The number of nitrogens with zero attached hydrogens (tertiary/aromatic N) is 2. The van der Waals surface area contributed by atoms with Gasteiger partial charge in [-0.2, -0.15) is 5.10 Å². The Hall–Kier alpha value is -2.24. The van der Waals surface area contributed by atoms with E-state index in [1.54, 1.807) is 6.07 Å². The predicted molar refractivity (Wildman–Crippen MR) is 62.4 cm³/mol. The second-order valence-electron chi connectivity index (χ2n) is 3.71. The summed E-state index contributed by atoms with van der Waals surface area (Å²) in [6.07, 6.45) is 0.636. The molecule has 1 aliphatic rings. The van der Waals surface area contributed by atoms with Crippen LogP contribution in [0.25, 0.3) is 0 Å². The molecule has 2 rings (SSSR count). The maximum atomic E-state index is 11.8. The summed E-state index contributed by atoms with van der Waals surface area (Å²) < 4.78 is 0. The molecule has 0 saturated heterocycles. The molecule has 0 radical (unpaired) electrons. The first-order chi connectivity index (χ1) is 8.15. The minimum absolute atomic E-state index is 0.171. The van der Waals surface area contributed by atoms with Gasteiger partial charge in [-0.05, 0) is 19.1 Å². The summed E-state index contributed by atoms with van der Waals surface area (Å²) in [5.41, 5.74) is 3.41. The van der Waals surface area contributed by atoms with Crippen LogP contribution in [0.2, 0.25) is 0 Å². The summed E-state index contributed by atoms with van der Waals surface area (Å²) in [6, 6.07) is 5.35. The molecule has 0 aliphatic carbocycles. The topological polar surface area (TPSA) is 83.5 Å². The molecular weight excluding hydrogens is 220 g/mol. The lowest BCUT2D eigenvalue weighted by Crippen LogP contribution is -2.32. The third kappa shape index (κ3) is 2.87. The predicted octanol–water partition coefficient (Wildman–Crippen LogP) is 0.595. The van der Waals surface area contributed by atoms with Crippen LogP contribution in [-0.4, -0.2) is 22.5 Å². The maximum absolute atomic E-state index is 11.8. The molecule has 88 valence electrons. The van der Waals surface area contributed by atoms with E-state index in [2.05, 4.69) is 20.8 Å². The van der Waals surface area contributed by atoms with Crippen LogP contribution >= 0.6 is 0 Å². The van der Waals surface area contributed by atoms with Crippen LogP contribution in [-0.2, 0) is 9.59 Å². The Morgan fingerprint density at radius 2 is 2.24 bits per heavy atom. The van der Waals surface area contributed by atoms with Crippen LogP contribution in [0.15, 0.2) is 23.3 Å². The fourth-order valence-electron chi connectivity index (χ4n) is 1.44. The lowest BCUT2D eigenvalue weighted by Gasteiger charge is -2.11. The highest BCUT2D eigenvalue weighted by Crippen LogP contribution is 2.06. The van der Waals surface area contributed by atoms with Gasteiger partial charge < -0.3 is 5.32 Å². The van der Waals surface area contributed by atoms with Gasteiger partial charge in [0.05, 0.1) is 0 Å². The third-order valence-corrected chi connectivity index (χ3v) is 2.30. The number of aryl methyl sites for hydroxylation is 1. The number of carbonyl (C=O) groups is 2. The minimum Gasteiger partial charge on any atom is -0.305 e. The van der Waals surface area contributed by atoms with Gasteiger partial charge in [-0.25, -0.2) is 10.4 Å². The molecule has 1 aliphatic heterocycles. The number of pyridine rings is 1. The van der Waals surface area contributed by atoms with Gasteiger partial charge in [0.1, 0.15) is 11.5 Å². The van der Waals surface area contributed by atoms with Crippen molar-refractivity contribution in [1.29, 1.82) is 0 Å². The highest BCUT2D eigenvalue weighted by Gasteiger charge is 2.18. The maximum Gasteiger partial charge on any atom is 0.273 e. The van der Waals surface area contributed by atoms with Gasteiger partial charge in [-0.3, -0.25) is 9.59 Å². The molecule has 0 spiro atoms. The van der Waals surface area contributed by atoms with Crippen LogP contribution < -0.4 is 10.7 Å². The number of anilines is 1. The Morgan fingerprint density at radius 3 is 2.88 bits per heavy atom. The van der Waals surface area contributed by atoms with Crippen molar-refractivity contribution in [3.8, 4) is 0 Å². The van der Waals surface area contributed by atoms with Crippen molar-refractivity contribution in [3.05, 3.63) is 23.9 Å². The molecule has 0 bridgehead atoms. The van der Waals surface area contributed by atoms with Crippen molar-refractivity contribution in [2.75, 3.05) is 5.32 Å². The summed E-state index contributed by atoms with van der Waals surface area (Å²) in [5.74, 6) is -0.0204. The molecule has 17 heavy (non-hydrogen) atoms. The second kappa shape index (κ2) is 4.73. The zero-order valence-electron chi connectivity index (χ0n) is 9.36. The molecule has 6 nitrogen and oxygen atoms in total. The first kappa shape index (κ1) is 11.3. The minimum atomic E-state index is -0.330. The molecule has 1 aromatic rings. The zero-order chi connectivity index (χ0) is 12.3. The molecule has 0 atom stereocenters. The fourth-order valence-corrected chi connectivity index (χ4v) is 1.44. The van der Waals surface area contributed by atoms with Gasteiger partial charge in [-0.15, -0.1) is 0 Å². The number of aromatic nitrogens is 1. The molecule has 0 saturated carbocycles. The van der Waals surface area contributed by atoms with Crippen molar-refractivity contribution in [2.24, 2.45) is 5.10 Å². The van der Waals surface area contributed by atoms with Crippen molar-refractivity contribution >= 4 is 23.3 Å². The van der Waals surface area contributed by atoms with Gasteiger partial charge in [-0.1, -0.05) is 6.07 Å². The van der Waals surface area contributed by atoms with E-state index in [9.17, 15) is 9.59 Å². The van der Waals surface area contributed by atoms with Crippen LogP contribution in [0.5, 0.6) is 0 Å². The SMILES string of the molecule is Cc1cccc(NC(=O)C2=NNC(=O)CC2)n1. The first-order valence-electron chi connectivity index (χ1n) is 5.25. The van der Waals surface area contributed by atoms with Gasteiger partial charge in [0.25, 0.3) is 5.91 Å². The van der Waals surface area contributed by atoms with E-state index in [4.69, 9.17) is 0 Å². The van der Waals surface area contributed by atoms with Crippen LogP contribution in [0.1, 0.15) is 18.5 Å². The number of nitrogens with one attached hydrogen (secondary N) is 2. The lowest BCUT2D eigenvalue weighted by atomic mass is 10.1. The van der Waals surface area contributed by atoms with E-state index in [1.807, 2.05) is 19.1 Å². The smallest absolute Gasteiger partial charge is 0.273 e. The standard InChI is InChI=1S/C11H12N4O2/c1-7-3-2-4-9(12-7)13-11(17)8-5-6-10(16)15-14-8/h2-4H,5-6H2,1H3,(H,15,16)(H,12,13,17). The van der Waals surface area contributed by atoms with E-state index in [-0.39, 0.29) is 18.2 Å². The Labute approximate surface area is 98.1 Å². The molecule has 2 heterocycles. The second-order valence-corrected chi connectivity index (χ2v) is 3.71. The van der Waals surface area contributed by atoms with Crippen molar-refractivity contribution in [1.82, 2.24) is 10.4 Å². The van der Waals surface area contributed by atoms with E-state index in [0.717, 1.165) is 5.69 Å². The van der Waals surface area contributed by atoms with E-state index < -0.39 is 0 Å². The normalized spacial score (nSPS) is 14.9. The molecule has 0 unspecified atom stereocenters. The largest absolute Gasteiger partial charge is 0.305 e. The Bertz CT molecular complexity index is 496. The average Bonchev–Trinajstić information content (AvgIpc) is 2.29. The Morgan fingerprint density at radius 1 is 1.41 bits per heavy atom. The van der Waals surface area contributed by atoms with Gasteiger partial charge >= 0.3 is 0 Å². The third-order valence-electron chi connectivity index (χ3n) is 2.30. The van der Waals surface area contributed by atoms with Crippen molar-refractivity contribution < 1.29 is 9.59 Å². The Kier molecular flexibility index (Phi) is 3.13. The van der Waals surface area contributed by atoms with E-state index >= 15 is 0 Å². The Balaban J connectivity index is 2.04. The molecule has 1 aromatic heterocycles. The number of hydrogen-bond donors (Lipinski definition) is 2. The highest BCUT2D eigenvalue weighted by molar-refractivity contribution is 6.43.